The van der Waals surface area contributed by atoms with Gasteiger partial charge in [-0.25, -0.2) is 9.97 Å². The van der Waals surface area contributed by atoms with E-state index in [9.17, 15) is 0 Å². The number of rotatable bonds is 5. The molecule has 0 saturated carbocycles. The first-order valence-electron chi connectivity index (χ1n) is 8.56. The fourth-order valence-corrected chi connectivity index (χ4v) is 3.62. The Morgan fingerprint density at radius 3 is 2.95 bits per heavy atom. The van der Waals surface area contributed by atoms with Crippen molar-refractivity contribution in [1.82, 2.24) is 15.3 Å². The molecule has 0 radical (unpaired) electrons. The maximum absolute atomic E-state index is 4.65. The predicted molar refractivity (Wildman–Crippen MR) is 86.7 cm³/mol. The molecule has 21 heavy (non-hydrogen) atoms. The summed E-state index contributed by atoms with van der Waals surface area (Å²) in [6.07, 6.45) is 9.20. The summed E-state index contributed by atoms with van der Waals surface area (Å²) in [4.78, 5) is 11.7. The smallest absolute Gasteiger partial charge is 0.135 e. The van der Waals surface area contributed by atoms with Crippen molar-refractivity contribution in [2.24, 2.45) is 5.92 Å². The molecule has 1 fully saturated rings. The Bertz CT molecular complexity index is 472. The van der Waals surface area contributed by atoms with E-state index in [4.69, 9.17) is 0 Å². The van der Waals surface area contributed by atoms with Crippen molar-refractivity contribution < 1.29 is 0 Å². The highest BCUT2D eigenvalue weighted by molar-refractivity contribution is 5.51. The van der Waals surface area contributed by atoms with Gasteiger partial charge in [0.05, 0.1) is 0 Å². The topological polar surface area (TPSA) is 41.0 Å². The lowest BCUT2D eigenvalue weighted by Crippen LogP contribution is -2.40. The van der Waals surface area contributed by atoms with Gasteiger partial charge in [0.15, 0.2) is 0 Å². The van der Waals surface area contributed by atoms with Crippen LogP contribution in [0.5, 0.6) is 0 Å². The molecule has 1 unspecified atom stereocenters. The molecule has 0 amide bonds. The average Bonchev–Trinajstić information content (AvgIpc) is 2.94. The Hall–Kier alpha value is -1.16. The van der Waals surface area contributed by atoms with E-state index >= 15 is 0 Å². The molecular weight excluding hydrogens is 260 g/mol. The van der Waals surface area contributed by atoms with Crippen LogP contribution in [-0.4, -0.2) is 35.6 Å². The number of anilines is 1. The molecular formula is C17H28N4. The first kappa shape index (κ1) is 14.8. The standard InChI is InChI=1S/C17H28N4/c1-13(2)10-18-11-14-6-5-9-21(14)17-15-7-3-4-8-16(15)19-12-20-17/h12-14,18H,3-11H2,1-2H3. The highest BCUT2D eigenvalue weighted by Gasteiger charge is 2.28. The quantitative estimate of drug-likeness (QED) is 0.904. The fraction of sp³-hybridized carbons (Fsp3) is 0.765. The van der Waals surface area contributed by atoms with E-state index in [2.05, 4.69) is 34.0 Å². The summed E-state index contributed by atoms with van der Waals surface area (Å²) >= 11 is 0. The monoisotopic (exact) mass is 288 g/mol. The third kappa shape index (κ3) is 3.37. The molecule has 4 heteroatoms. The van der Waals surface area contributed by atoms with Crippen molar-refractivity contribution >= 4 is 5.82 Å². The van der Waals surface area contributed by atoms with Crippen LogP contribution in [0.3, 0.4) is 0 Å². The Morgan fingerprint density at radius 2 is 2.10 bits per heavy atom. The summed E-state index contributed by atoms with van der Waals surface area (Å²) < 4.78 is 0. The minimum Gasteiger partial charge on any atom is -0.352 e. The minimum atomic E-state index is 0.602. The van der Waals surface area contributed by atoms with Gasteiger partial charge in [-0.3, -0.25) is 0 Å². The number of aromatic nitrogens is 2. The molecule has 0 spiro atoms. The molecule has 0 aromatic carbocycles. The number of nitrogens with one attached hydrogen (secondary N) is 1. The fourth-order valence-electron chi connectivity index (χ4n) is 3.62. The van der Waals surface area contributed by atoms with Crippen LogP contribution in [0, 0.1) is 5.92 Å². The van der Waals surface area contributed by atoms with Crippen LogP contribution in [0.15, 0.2) is 6.33 Å². The van der Waals surface area contributed by atoms with Gasteiger partial charge in [-0.05, 0) is 51.0 Å². The van der Waals surface area contributed by atoms with Crippen LogP contribution in [0.2, 0.25) is 0 Å². The molecule has 2 aliphatic rings. The maximum atomic E-state index is 4.65. The van der Waals surface area contributed by atoms with Crippen LogP contribution < -0.4 is 10.2 Å². The van der Waals surface area contributed by atoms with Crippen molar-refractivity contribution in [3.63, 3.8) is 0 Å². The van der Waals surface area contributed by atoms with E-state index < -0.39 is 0 Å². The molecule has 1 aliphatic carbocycles. The van der Waals surface area contributed by atoms with Gasteiger partial charge in [-0.2, -0.15) is 0 Å². The van der Waals surface area contributed by atoms with E-state index in [1.54, 1.807) is 6.33 Å². The van der Waals surface area contributed by atoms with Gasteiger partial charge in [0, 0.05) is 30.4 Å². The van der Waals surface area contributed by atoms with Crippen LogP contribution >= 0.6 is 0 Å². The first-order chi connectivity index (χ1) is 10.3. The molecule has 2 heterocycles. The highest BCUT2D eigenvalue weighted by Crippen LogP contribution is 2.31. The number of fused-ring (bicyclic) bond motifs is 1. The van der Waals surface area contributed by atoms with Crippen molar-refractivity contribution in [2.45, 2.75) is 58.4 Å². The second kappa shape index (κ2) is 6.73. The first-order valence-corrected chi connectivity index (χ1v) is 8.56. The lowest BCUT2D eigenvalue weighted by molar-refractivity contribution is 0.510. The van der Waals surface area contributed by atoms with Gasteiger partial charge in [0.25, 0.3) is 0 Å². The summed E-state index contributed by atoms with van der Waals surface area (Å²) in [6.45, 7) is 7.86. The normalized spacial score (nSPS) is 21.9. The highest BCUT2D eigenvalue weighted by atomic mass is 15.2. The lowest BCUT2D eigenvalue weighted by Gasteiger charge is -2.30. The van der Waals surface area contributed by atoms with Gasteiger partial charge in [-0.15, -0.1) is 0 Å². The third-order valence-corrected chi connectivity index (χ3v) is 4.68. The van der Waals surface area contributed by atoms with E-state index in [1.807, 2.05) is 0 Å². The molecule has 1 N–H and O–H groups in total. The van der Waals surface area contributed by atoms with Crippen molar-refractivity contribution in [3.05, 3.63) is 17.6 Å². The van der Waals surface area contributed by atoms with Crippen molar-refractivity contribution in [1.29, 1.82) is 0 Å². The zero-order valence-corrected chi connectivity index (χ0v) is 13.4. The van der Waals surface area contributed by atoms with Gasteiger partial charge in [0.1, 0.15) is 12.1 Å². The zero-order chi connectivity index (χ0) is 14.7. The number of nitrogens with zero attached hydrogens (tertiary/aromatic N) is 3. The van der Waals surface area contributed by atoms with Crippen LogP contribution in [0.25, 0.3) is 0 Å². The summed E-state index contributed by atoms with van der Waals surface area (Å²) in [5, 5.41) is 3.62. The van der Waals surface area contributed by atoms with Crippen molar-refractivity contribution in [3.8, 4) is 0 Å². The van der Waals surface area contributed by atoms with Crippen LogP contribution in [0.1, 0.15) is 50.8 Å². The lowest BCUT2D eigenvalue weighted by atomic mass is 9.96. The Labute approximate surface area is 128 Å². The Morgan fingerprint density at radius 1 is 1.24 bits per heavy atom. The van der Waals surface area contributed by atoms with Gasteiger partial charge in [-0.1, -0.05) is 13.8 Å². The SMILES string of the molecule is CC(C)CNCC1CCCN1c1ncnc2c1CCCC2. The third-order valence-electron chi connectivity index (χ3n) is 4.68. The summed E-state index contributed by atoms with van der Waals surface area (Å²) in [7, 11) is 0. The van der Waals surface area contributed by atoms with Crippen LogP contribution in [-0.2, 0) is 12.8 Å². The second-order valence-electron chi connectivity index (χ2n) is 6.87. The largest absolute Gasteiger partial charge is 0.352 e. The molecule has 1 aromatic heterocycles. The molecule has 1 aromatic rings. The summed E-state index contributed by atoms with van der Waals surface area (Å²) in [5.41, 5.74) is 2.73. The van der Waals surface area contributed by atoms with Gasteiger partial charge >= 0.3 is 0 Å². The molecule has 1 saturated heterocycles. The Balaban J connectivity index is 1.73. The van der Waals surface area contributed by atoms with E-state index in [0.717, 1.165) is 32.5 Å². The number of hydrogen-bond donors (Lipinski definition) is 1. The number of aryl methyl sites for hydroxylation is 1. The molecule has 116 valence electrons. The summed E-state index contributed by atoms with van der Waals surface area (Å²) in [6, 6.07) is 0.602. The molecule has 1 aliphatic heterocycles. The second-order valence-corrected chi connectivity index (χ2v) is 6.87. The number of hydrogen-bond acceptors (Lipinski definition) is 4. The zero-order valence-electron chi connectivity index (χ0n) is 13.4. The molecule has 1 atom stereocenters. The predicted octanol–water partition coefficient (Wildman–Crippen LogP) is 2.57. The van der Waals surface area contributed by atoms with E-state index in [-0.39, 0.29) is 0 Å². The minimum absolute atomic E-state index is 0.602. The summed E-state index contributed by atoms with van der Waals surface area (Å²) in [5.74, 6) is 1.94. The molecule has 4 nitrogen and oxygen atoms in total. The maximum Gasteiger partial charge on any atom is 0.135 e. The van der Waals surface area contributed by atoms with E-state index in [0.29, 0.717) is 12.0 Å². The van der Waals surface area contributed by atoms with Gasteiger partial charge in [0.2, 0.25) is 0 Å². The van der Waals surface area contributed by atoms with E-state index in [1.165, 1.54) is 42.8 Å². The van der Waals surface area contributed by atoms with Crippen molar-refractivity contribution in [2.75, 3.05) is 24.5 Å². The molecule has 0 bridgehead atoms. The van der Waals surface area contributed by atoms with Crippen LogP contribution in [0.4, 0.5) is 5.82 Å². The average molecular weight is 288 g/mol. The molecule has 3 rings (SSSR count). The Kier molecular flexibility index (Phi) is 4.73. The van der Waals surface area contributed by atoms with Gasteiger partial charge < -0.3 is 10.2 Å².